The molecule has 1 aromatic rings. The summed E-state index contributed by atoms with van der Waals surface area (Å²) in [5.74, 6) is 1.63. The van der Waals surface area contributed by atoms with E-state index >= 15 is 0 Å². The van der Waals surface area contributed by atoms with Gasteiger partial charge in [0, 0.05) is 6.04 Å². The number of nitrogens with one attached hydrogen (secondary N) is 1. The van der Waals surface area contributed by atoms with E-state index in [-0.39, 0.29) is 5.82 Å². The van der Waals surface area contributed by atoms with Gasteiger partial charge >= 0.3 is 0 Å². The van der Waals surface area contributed by atoms with E-state index in [1.807, 2.05) is 19.2 Å². The minimum atomic E-state index is -0.209. The van der Waals surface area contributed by atoms with E-state index in [1.54, 1.807) is 6.07 Å². The second-order valence-corrected chi connectivity index (χ2v) is 6.05. The average Bonchev–Trinajstić information content (AvgIpc) is 2.47. The van der Waals surface area contributed by atoms with Crippen LogP contribution < -0.4 is 10.1 Å². The predicted molar refractivity (Wildman–Crippen MR) is 80.6 cm³/mol. The van der Waals surface area contributed by atoms with Gasteiger partial charge in [-0.05, 0) is 49.8 Å². The van der Waals surface area contributed by atoms with Crippen LogP contribution in [-0.4, -0.2) is 20.2 Å². The van der Waals surface area contributed by atoms with E-state index < -0.39 is 0 Å². The molecular formula is C17H26FNO. The van der Waals surface area contributed by atoms with Crippen LogP contribution in [0.3, 0.4) is 0 Å². The van der Waals surface area contributed by atoms with E-state index in [2.05, 4.69) is 12.2 Å². The second kappa shape index (κ2) is 7.07. The average molecular weight is 279 g/mol. The first-order valence-electron chi connectivity index (χ1n) is 7.64. The third kappa shape index (κ3) is 3.51. The number of benzene rings is 1. The summed E-state index contributed by atoms with van der Waals surface area (Å²) in [6.45, 7) is 2.33. The monoisotopic (exact) mass is 279 g/mol. The molecule has 1 aromatic carbocycles. The van der Waals surface area contributed by atoms with Crippen LogP contribution in [0.25, 0.3) is 0 Å². The molecule has 0 saturated heterocycles. The number of halogens is 1. The predicted octanol–water partition coefficient (Wildman–Crippen LogP) is 3.79. The maximum absolute atomic E-state index is 14.2. The van der Waals surface area contributed by atoms with E-state index in [0.29, 0.717) is 17.7 Å². The van der Waals surface area contributed by atoms with Gasteiger partial charge in [-0.2, -0.15) is 0 Å². The summed E-state index contributed by atoms with van der Waals surface area (Å²) >= 11 is 0. The molecule has 1 saturated carbocycles. The van der Waals surface area contributed by atoms with E-state index in [1.165, 1.54) is 32.8 Å². The van der Waals surface area contributed by atoms with Gasteiger partial charge in [-0.1, -0.05) is 31.9 Å². The van der Waals surface area contributed by atoms with Crippen molar-refractivity contribution in [1.29, 1.82) is 0 Å². The SMILES string of the molecule is CNC(Cc1cccc(OC)c1F)C1CCC(C)CC1. The Morgan fingerprint density at radius 1 is 1.30 bits per heavy atom. The zero-order valence-electron chi connectivity index (χ0n) is 12.8. The number of hydrogen-bond donors (Lipinski definition) is 1. The Balaban J connectivity index is 2.06. The molecule has 3 heteroatoms. The molecule has 0 bridgehead atoms. The third-order valence-electron chi connectivity index (χ3n) is 4.70. The quantitative estimate of drug-likeness (QED) is 0.885. The fraction of sp³-hybridized carbons (Fsp3) is 0.647. The van der Waals surface area contributed by atoms with Crippen LogP contribution in [0.1, 0.15) is 38.2 Å². The summed E-state index contributed by atoms with van der Waals surface area (Å²) in [4.78, 5) is 0. The van der Waals surface area contributed by atoms with Gasteiger partial charge in [0.1, 0.15) is 0 Å². The Morgan fingerprint density at radius 2 is 2.00 bits per heavy atom. The zero-order chi connectivity index (χ0) is 14.5. The maximum atomic E-state index is 14.2. The fourth-order valence-corrected chi connectivity index (χ4v) is 3.30. The van der Waals surface area contributed by atoms with E-state index in [0.717, 1.165) is 17.9 Å². The molecule has 0 radical (unpaired) electrons. The van der Waals surface area contributed by atoms with Crippen LogP contribution in [0.2, 0.25) is 0 Å². The van der Waals surface area contributed by atoms with Crippen molar-refractivity contribution in [3.05, 3.63) is 29.6 Å². The Bertz CT molecular complexity index is 427. The highest BCUT2D eigenvalue weighted by molar-refractivity contribution is 5.31. The first kappa shape index (κ1) is 15.3. The number of ether oxygens (including phenoxy) is 1. The van der Waals surface area contributed by atoms with Crippen LogP contribution in [0.5, 0.6) is 5.75 Å². The van der Waals surface area contributed by atoms with Crippen molar-refractivity contribution in [3.63, 3.8) is 0 Å². The molecule has 1 aliphatic carbocycles. The van der Waals surface area contributed by atoms with Gasteiger partial charge in [0.2, 0.25) is 0 Å². The normalized spacial score (nSPS) is 24.4. The lowest BCUT2D eigenvalue weighted by atomic mass is 9.77. The van der Waals surface area contributed by atoms with Crippen LogP contribution in [0.15, 0.2) is 18.2 Å². The van der Waals surface area contributed by atoms with Crippen LogP contribution in [-0.2, 0) is 6.42 Å². The highest BCUT2D eigenvalue weighted by Gasteiger charge is 2.26. The Morgan fingerprint density at radius 3 is 2.60 bits per heavy atom. The van der Waals surface area contributed by atoms with Crippen LogP contribution >= 0.6 is 0 Å². The van der Waals surface area contributed by atoms with Gasteiger partial charge in [0.25, 0.3) is 0 Å². The summed E-state index contributed by atoms with van der Waals surface area (Å²) in [6.07, 6.45) is 5.82. The van der Waals surface area contributed by atoms with Crippen molar-refractivity contribution < 1.29 is 9.13 Å². The molecule has 112 valence electrons. The summed E-state index contributed by atoms with van der Waals surface area (Å²) in [5.41, 5.74) is 0.752. The fourth-order valence-electron chi connectivity index (χ4n) is 3.30. The van der Waals surface area contributed by atoms with Crippen LogP contribution in [0, 0.1) is 17.7 Å². The topological polar surface area (TPSA) is 21.3 Å². The number of rotatable bonds is 5. The zero-order valence-corrected chi connectivity index (χ0v) is 12.8. The lowest BCUT2D eigenvalue weighted by Gasteiger charge is -2.32. The van der Waals surface area contributed by atoms with Crippen molar-refractivity contribution in [2.45, 2.75) is 45.1 Å². The van der Waals surface area contributed by atoms with Gasteiger partial charge in [-0.25, -0.2) is 4.39 Å². The Hall–Kier alpha value is -1.09. The maximum Gasteiger partial charge on any atom is 0.168 e. The highest BCUT2D eigenvalue weighted by Crippen LogP contribution is 2.32. The Labute approximate surface area is 121 Å². The first-order valence-corrected chi connectivity index (χ1v) is 7.64. The molecule has 1 unspecified atom stereocenters. The molecule has 1 aliphatic rings. The third-order valence-corrected chi connectivity index (χ3v) is 4.70. The van der Waals surface area contributed by atoms with Gasteiger partial charge in [0.15, 0.2) is 11.6 Å². The number of likely N-dealkylation sites (N-methyl/N-ethyl adjacent to an activating group) is 1. The van der Waals surface area contributed by atoms with Crippen molar-refractivity contribution in [2.24, 2.45) is 11.8 Å². The molecule has 1 N–H and O–H groups in total. The van der Waals surface area contributed by atoms with Crippen LogP contribution in [0.4, 0.5) is 4.39 Å². The molecule has 20 heavy (non-hydrogen) atoms. The standard InChI is InChI=1S/C17H26FNO/c1-12-7-9-13(10-8-12)15(19-2)11-14-5-4-6-16(20-3)17(14)18/h4-6,12-13,15,19H,7-11H2,1-3H3. The largest absolute Gasteiger partial charge is 0.494 e. The summed E-state index contributed by atoms with van der Waals surface area (Å²) < 4.78 is 19.3. The lowest BCUT2D eigenvalue weighted by Crippen LogP contribution is -2.37. The summed E-state index contributed by atoms with van der Waals surface area (Å²) in [5, 5.41) is 3.39. The molecule has 1 atom stereocenters. The van der Waals surface area contributed by atoms with E-state index in [4.69, 9.17) is 4.74 Å². The first-order chi connectivity index (χ1) is 9.65. The van der Waals surface area contributed by atoms with E-state index in [9.17, 15) is 4.39 Å². The van der Waals surface area contributed by atoms with Crippen molar-refractivity contribution in [3.8, 4) is 5.75 Å². The van der Waals surface area contributed by atoms with Gasteiger partial charge in [0.05, 0.1) is 7.11 Å². The molecule has 2 nitrogen and oxygen atoms in total. The second-order valence-electron chi connectivity index (χ2n) is 6.05. The number of hydrogen-bond acceptors (Lipinski definition) is 2. The van der Waals surface area contributed by atoms with Gasteiger partial charge in [-0.15, -0.1) is 0 Å². The molecule has 1 fully saturated rings. The molecular weight excluding hydrogens is 253 g/mol. The van der Waals surface area contributed by atoms with Crippen molar-refractivity contribution in [1.82, 2.24) is 5.32 Å². The molecule has 0 aromatic heterocycles. The Kier molecular flexibility index (Phi) is 5.41. The highest BCUT2D eigenvalue weighted by atomic mass is 19.1. The van der Waals surface area contributed by atoms with Crippen molar-refractivity contribution in [2.75, 3.05) is 14.2 Å². The summed E-state index contributed by atoms with van der Waals surface area (Å²) in [6, 6.07) is 5.76. The summed E-state index contributed by atoms with van der Waals surface area (Å²) in [7, 11) is 3.50. The molecule has 2 rings (SSSR count). The minimum absolute atomic E-state index is 0.209. The molecule has 0 spiro atoms. The smallest absolute Gasteiger partial charge is 0.168 e. The van der Waals surface area contributed by atoms with Crippen molar-refractivity contribution >= 4 is 0 Å². The molecule has 0 amide bonds. The molecule has 0 aliphatic heterocycles. The van der Waals surface area contributed by atoms with Gasteiger partial charge in [-0.3, -0.25) is 0 Å². The lowest BCUT2D eigenvalue weighted by molar-refractivity contribution is 0.234. The van der Waals surface area contributed by atoms with Gasteiger partial charge < -0.3 is 10.1 Å². The molecule has 0 heterocycles. The minimum Gasteiger partial charge on any atom is -0.494 e. The number of methoxy groups -OCH3 is 1.